The van der Waals surface area contributed by atoms with Crippen LogP contribution in [0.2, 0.25) is 0 Å². The maximum absolute atomic E-state index is 13.2. The van der Waals surface area contributed by atoms with E-state index < -0.39 is 17.0 Å². The van der Waals surface area contributed by atoms with Gasteiger partial charge in [-0.3, -0.25) is 19.4 Å². The lowest BCUT2D eigenvalue weighted by Gasteiger charge is -2.53. The number of ether oxygens (including phenoxy) is 2. The first-order valence-electron chi connectivity index (χ1n) is 15.2. The summed E-state index contributed by atoms with van der Waals surface area (Å²) in [5.41, 5.74) is -0.731. The smallest absolute Gasteiger partial charge is 0.336 e. The molecule has 2 fully saturated rings. The number of nitrogens with zero attached hydrogens (tertiary/aromatic N) is 4. The summed E-state index contributed by atoms with van der Waals surface area (Å²) in [5.74, 6) is 0.143. The lowest BCUT2D eigenvalue weighted by molar-refractivity contribution is -0.289. The Labute approximate surface area is 262 Å². The second-order valence-electron chi connectivity index (χ2n) is 14.0. The fourth-order valence-electron chi connectivity index (χ4n) is 5.94. The third-order valence-corrected chi connectivity index (χ3v) is 9.33. The summed E-state index contributed by atoms with van der Waals surface area (Å²) in [6, 6.07) is 7.24. The summed E-state index contributed by atoms with van der Waals surface area (Å²) in [7, 11) is 5.51. The van der Waals surface area contributed by atoms with Gasteiger partial charge in [-0.05, 0) is 93.3 Å². The zero-order chi connectivity index (χ0) is 33.1. The molecule has 3 rings (SSSR count). The Bertz CT molecular complexity index is 1220. The van der Waals surface area contributed by atoms with Crippen LogP contribution in [0.5, 0.6) is 5.75 Å². The topological polar surface area (TPSA) is 101 Å². The minimum atomic E-state index is -0.670. The van der Waals surface area contributed by atoms with Crippen LogP contribution in [0.15, 0.2) is 29.8 Å². The van der Waals surface area contributed by atoms with Gasteiger partial charge >= 0.3 is 5.97 Å². The predicted molar refractivity (Wildman–Crippen MR) is 169 cm³/mol. The highest BCUT2D eigenvalue weighted by molar-refractivity contribution is 5.94. The Balaban J connectivity index is 1.61. The minimum absolute atomic E-state index is 0.00767. The largest absolute Gasteiger partial charge is 0.497 e. The number of carbonyl (C=O) groups excluding carboxylic acids is 3. The summed E-state index contributed by atoms with van der Waals surface area (Å²) < 4.78 is 10.9. The molecule has 44 heavy (non-hydrogen) atoms. The van der Waals surface area contributed by atoms with Gasteiger partial charge < -0.3 is 19.3 Å². The quantitative estimate of drug-likeness (QED) is 0.115. The van der Waals surface area contributed by atoms with Crippen LogP contribution in [0.4, 0.5) is 0 Å². The summed E-state index contributed by atoms with van der Waals surface area (Å²) in [5, 5.41) is 0. The highest BCUT2D eigenvalue weighted by Crippen LogP contribution is 2.32. The van der Waals surface area contributed by atoms with Gasteiger partial charge in [-0.1, -0.05) is 12.1 Å². The summed E-state index contributed by atoms with van der Waals surface area (Å²) in [6.07, 6.45) is 1.67. The summed E-state index contributed by atoms with van der Waals surface area (Å²) >= 11 is 0. The molecule has 2 aliphatic heterocycles. The van der Waals surface area contributed by atoms with Crippen molar-refractivity contribution in [2.75, 3.05) is 67.2 Å². The van der Waals surface area contributed by atoms with E-state index in [1.165, 1.54) is 0 Å². The van der Waals surface area contributed by atoms with Gasteiger partial charge in [0.2, 0.25) is 11.8 Å². The van der Waals surface area contributed by atoms with E-state index in [-0.39, 0.29) is 54.8 Å². The fraction of sp³-hybridized carbons (Fsp3) is 0.667. The Morgan fingerprint density at radius 3 is 1.73 bits per heavy atom. The molecule has 11 heteroatoms. The van der Waals surface area contributed by atoms with E-state index in [1.54, 1.807) is 35.1 Å². The molecule has 0 atom stereocenters. The van der Waals surface area contributed by atoms with Crippen LogP contribution in [0.1, 0.15) is 61.0 Å². The molecule has 0 N–H and O–H groups in total. The summed E-state index contributed by atoms with van der Waals surface area (Å²) in [6.45, 7) is 17.8. The molecular formula is C33H52N4O7. The van der Waals surface area contributed by atoms with Crippen LogP contribution in [0, 0.1) is 0 Å². The SMILES string of the molecule is COc1ccc(/C=C(/COOCCN2CC(C)(C)N(C)C(C)(C)C2=O)C(=O)OCCN2CC(C)(C)N(C)C(C)(C)C2=O)cc1. The number of likely N-dealkylation sites (N-methyl/N-ethyl adjacent to an activating group) is 2. The second-order valence-corrected chi connectivity index (χ2v) is 14.0. The summed E-state index contributed by atoms with van der Waals surface area (Å²) in [4.78, 5) is 58.0. The Hall–Kier alpha value is -2.99. The standard InChI is InChI=1S/C33H52N4O7/c1-30(2)22-36(28(39)32(5,6)34(30)9)16-18-42-27(38)25(20-24-12-14-26(41-11)15-13-24)21-44-43-19-17-37-23-31(3,4)35(10)33(7,8)29(37)40/h12-15,20H,16-19,21-23H2,1-11H3/b25-20-. The molecule has 0 spiro atoms. The van der Waals surface area contributed by atoms with Gasteiger partial charge in [0.25, 0.3) is 0 Å². The first-order chi connectivity index (χ1) is 20.3. The van der Waals surface area contributed by atoms with E-state index in [0.717, 1.165) is 5.56 Å². The minimum Gasteiger partial charge on any atom is -0.497 e. The van der Waals surface area contributed by atoms with E-state index in [2.05, 4.69) is 37.5 Å². The molecule has 2 heterocycles. The van der Waals surface area contributed by atoms with Gasteiger partial charge in [0.15, 0.2) is 0 Å². The number of amides is 2. The molecule has 0 bridgehead atoms. The number of methoxy groups -OCH3 is 1. The van der Waals surface area contributed by atoms with Gasteiger partial charge in [-0.15, -0.1) is 0 Å². The first-order valence-corrected chi connectivity index (χ1v) is 15.2. The Kier molecular flexibility index (Phi) is 10.9. The molecular weight excluding hydrogens is 564 g/mol. The number of benzene rings is 1. The third kappa shape index (κ3) is 7.80. The van der Waals surface area contributed by atoms with E-state index in [9.17, 15) is 14.4 Å². The van der Waals surface area contributed by atoms with Crippen molar-refractivity contribution < 1.29 is 33.6 Å². The van der Waals surface area contributed by atoms with Crippen molar-refractivity contribution in [3.05, 3.63) is 35.4 Å². The second kappa shape index (κ2) is 13.6. The van der Waals surface area contributed by atoms with Gasteiger partial charge in [0.05, 0.1) is 36.9 Å². The van der Waals surface area contributed by atoms with Crippen LogP contribution in [0.25, 0.3) is 6.08 Å². The van der Waals surface area contributed by atoms with Crippen LogP contribution in [-0.2, 0) is 28.9 Å². The van der Waals surface area contributed by atoms with Crippen LogP contribution < -0.4 is 4.74 Å². The highest BCUT2D eigenvalue weighted by atomic mass is 17.2. The zero-order valence-corrected chi connectivity index (χ0v) is 28.5. The molecule has 2 amide bonds. The van der Waals surface area contributed by atoms with Crippen molar-refractivity contribution in [1.82, 2.24) is 19.6 Å². The van der Waals surface area contributed by atoms with Crippen molar-refractivity contribution in [1.29, 1.82) is 0 Å². The van der Waals surface area contributed by atoms with Crippen molar-refractivity contribution in [3.8, 4) is 5.75 Å². The number of rotatable bonds is 12. The normalized spacial score (nSPS) is 21.8. The lowest BCUT2D eigenvalue weighted by atomic mass is 9.88. The molecule has 11 nitrogen and oxygen atoms in total. The van der Waals surface area contributed by atoms with Crippen LogP contribution in [-0.4, -0.2) is 127 Å². The number of hydrogen-bond acceptors (Lipinski definition) is 9. The van der Waals surface area contributed by atoms with Crippen molar-refractivity contribution in [3.63, 3.8) is 0 Å². The molecule has 2 saturated heterocycles. The van der Waals surface area contributed by atoms with Crippen molar-refractivity contribution in [2.24, 2.45) is 0 Å². The van der Waals surface area contributed by atoms with Crippen molar-refractivity contribution in [2.45, 2.75) is 77.5 Å². The number of piperazine rings is 2. The van der Waals surface area contributed by atoms with Gasteiger partial charge in [-0.2, -0.15) is 0 Å². The number of carbonyl (C=O) groups is 3. The zero-order valence-electron chi connectivity index (χ0n) is 28.5. The molecule has 0 saturated carbocycles. The molecule has 0 aliphatic carbocycles. The molecule has 0 radical (unpaired) electrons. The Morgan fingerprint density at radius 1 is 0.773 bits per heavy atom. The van der Waals surface area contributed by atoms with Crippen LogP contribution >= 0.6 is 0 Å². The molecule has 2 aliphatic rings. The average Bonchev–Trinajstić information content (AvgIpc) is 2.96. The monoisotopic (exact) mass is 616 g/mol. The molecule has 0 unspecified atom stereocenters. The molecule has 1 aromatic rings. The lowest BCUT2D eigenvalue weighted by Crippen LogP contribution is -2.70. The van der Waals surface area contributed by atoms with E-state index in [4.69, 9.17) is 19.2 Å². The van der Waals surface area contributed by atoms with Crippen molar-refractivity contribution >= 4 is 23.9 Å². The highest BCUT2D eigenvalue weighted by Gasteiger charge is 2.49. The number of hydrogen-bond donors (Lipinski definition) is 0. The molecule has 1 aromatic carbocycles. The van der Waals surface area contributed by atoms with E-state index >= 15 is 0 Å². The van der Waals surface area contributed by atoms with Crippen LogP contribution in [0.3, 0.4) is 0 Å². The van der Waals surface area contributed by atoms with Gasteiger partial charge in [-0.25, -0.2) is 14.6 Å². The predicted octanol–water partition coefficient (Wildman–Crippen LogP) is 3.23. The molecule has 246 valence electrons. The maximum atomic E-state index is 13.2. The fourth-order valence-corrected chi connectivity index (χ4v) is 5.94. The Morgan fingerprint density at radius 2 is 1.25 bits per heavy atom. The van der Waals surface area contributed by atoms with Gasteiger partial charge in [0.1, 0.15) is 19.0 Å². The molecule has 0 aromatic heterocycles. The average molecular weight is 617 g/mol. The third-order valence-electron chi connectivity index (χ3n) is 9.33. The van der Waals surface area contributed by atoms with E-state index in [0.29, 0.717) is 25.4 Å². The van der Waals surface area contributed by atoms with Gasteiger partial charge in [0, 0.05) is 30.7 Å². The number of esters is 1. The van der Waals surface area contributed by atoms with E-state index in [1.807, 2.05) is 53.9 Å². The maximum Gasteiger partial charge on any atom is 0.336 e. The first kappa shape index (κ1) is 35.5.